The lowest BCUT2D eigenvalue weighted by molar-refractivity contribution is -0.177. The highest BCUT2D eigenvalue weighted by molar-refractivity contribution is 6.09. The number of esters is 3. The monoisotopic (exact) mass is 430 g/mol. The summed E-state index contributed by atoms with van der Waals surface area (Å²) >= 11 is 0. The Balaban J connectivity index is 2.11. The van der Waals surface area contributed by atoms with Crippen molar-refractivity contribution in [1.82, 2.24) is 0 Å². The zero-order valence-electron chi connectivity index (χ0n) is 19.1. The van der Waals surface area contributed by atoms with Gasteiger partial charge in [-0.25, -0.2) is 9.59 Å². The van der Waals surface area contributed by atoms with Gasteiger partial charge in [-0.2, -0.15) is 0 Å². The molecule has 0 saturated carbocycles. The molecular formula is C24H30O7. The van der Waals surface area contributed by atoms with E-state index in [9.17, 15) is 19.2 Å². The van der Waals surface area contributed by atoms with Gasteiger partial charge in [-0.3, -0.25) is 9.59 Å². The Hall–Kier alpha value is -2.70. The lowest BCUT2D eigenvalue weighted by Crippen LogP contribution is -2.50. The molecular weight excluding hydrogens is 400 g/mol. The minimum atomic E-state index is -1.66. The molecule has 5 unspecified atom stereocenters. The van der Waals surface area contributed by atoms with Crippen molar-refractivity contribution >= 4 is 23.7 Å². The number of fused-ring (bicyclic) bond motifs is 3. The summed E-state index contributed by atoms with van der Waals surface area (Å²) < 4.78 is 17.3. The Morgan fingerprint density at radius 1 is 1.26 bits per heavy atom. The topological polar surface area (TPSA) is 96.0 Å². The largest absolute Gasteiger partial charge is 0.461 e. The van der Waals surface area contributed by atoms with Crippen molar-refractivity contribution < 1.29 is 33.4 Å². The molecule has 1 aliphatic heterocycles. The molecule has 7 heteroatoms. The Bertz CT molecular complexity index is 936. The van der Waals surface area contributed by atoms with Gasteiger partial charge in [0.1, 0.15) is 12.2 Å². The van der Waals surface area contributed by atoms with Crippen LogP contribution in [0.15, 0.2) is 34.4 Å². The van der Waals surface area contributed by atoms with Crippen LogP contribution in [0.3, 0.4) is 0 Å². The van der Waals surface area contributed by atoms with Crippen molar-refractivity contribution in [3.05, 3.63) is 34.4 Å². The number of rotatable bonds is 4. The number of hydrogen-bond acceptors (Lipinski definition) is 7. The molecule has 3 rings (SSSR count). The lowest BCUT2D eigenvalue weighted by atomic mass is 9.77. The lowest BCUT2D eigenvalue weighted by Gasteiger charge is -2.35. The Labute approximate surface area is 182 Å². The van der Waals surface area contributed by atoms with E-state index in [2.05, 4.69) is 0 Å². The first-order chi connectivity index (χ1) is 14.4. The SMILES string of the molecule is C/C=C(\C)C(=O)OC1(C)C(=O)OC2C3C(C)=CC(=O)C3=C(C)CC(OC(=O)C(C)C)C21. The molecule has 0 spiro atoms. The molecule has 1 saturated heterocycles. The highest BCUT2D eigenvalue weighted by atomic mass is 16.6. The van der Waals surface area contributed by atoms with Crippen LogP contribution in [-0.4, -0.2) is 41.5 Å². The first-order valence-electron chi connectivity index (χ1n) is 10.6. The van der Waals surface area contributed by atoms with Gasteiger partial charge in [0.15, 0.2) is 5.78 Å². The summed E-state index contributed by atoms with van der Waals surface area (Å²) in [6, 6.07) is 0. The molecule has 1 fully saturated rings. The van der Waals surface area contributed by atoms with E-state index in [4.69, 9.17) is 14.2 Å². The highest BCUT2D eigenvalue weighted by Crippen LogP contribution is 2.51. The molecule has 0 aromatic carbocycles. The van der Waals surface area contributed by atoms with E-state index in [1.165, 1.54) is 6.92 Å². The predicted octanol–water partition coefficient (Wildman–Crippen LogP) is 3.23. The van der Waals surface area contributed by atoms with E-state index >= 15 is 0 Å². The standard InChI is InChI=1S/C24H30O7/c1-8-12(4)22(27)31-24(7)19-16(29-21(26)11(2)3)10-14(6)17-15(25)9-13(5)18(17)20(19)30-23(24)28/h8-9,11,16,18-20H,10H2,1-7H3/b12-8+. The third-order valence-corrected chi connectivity index (χ3v) is 6.56. The van der Waals surface area contributed by atoms with E-state index in [0.717, 1.165) is 11.1 Å². The van der Waals surface area contributed by atoms with E-state index < -0.39 is 47.6 Å². The van der Waals surface area contributed by atoms with Crippen LogP contribution < -0.4 is 0 Å². The van der Waals surface area contributed by atoms with Crippen molar-refractivity contribution in [2.75, 3.05) is 0 Å². The molecule has 0 aromatic heterocycles. The number of ketones is 1. The molecule has 0 aromatic rings. The van der Waals surface area contributed by atoms with Crippen LogP contribution in [0.1, 0.15) is 54.9 Å². The second-order valence-corrected chi connectivity index (χ2v) is 9.12. The van der Waals surface area contributed by atoms with Crippen LogP contribution in [0.2, 0.25) is 0 Å². The van der Waals surface area contributed by atoms with Gasteiger partial charge in [0.25, 0.3) is 0 Å². The molecule has 0 bridgehead atoms. The molecule has 0 amide bonds. The molecule has 1 heterocycles. The van der Waals surface area contributed by atoms with Crippen molar-refractivity contribution in [1.29, 1.82) is 0 Å². The summed E-state index contributed by atoms with van der Waals surface area (Å²) in [5, 5.41) is 0. The van der Waals surface area contributed by atoms with Gasteiger partial charge in [-0.1, -0.05) is 31.1 Å². The molecule has 3 aliphatic rings. The van der Waals surface area contributed by atoms with Crippen molar-refractivity contribution in [2.45, 2.75) is 72.7 Å². The van der Waals surface area contributed by atoms with Crippen LogP contribution in [-0.2, 0) is 33.4 Å². The highest BCUT2D eigenvalue weighted by Gasteiger charge is 2.65. The van der Waals surface area contributed by atoms with E-state index in [0.29, 0.717) is 11.1 Å². The fourth-order valence-corrected chi connectivity index (χ4v) is 4.70. The maximum atomic E-state index is 13.1. The second-order valence-electron chi connectivity index (χ2n) is 9.12. The van der Waals surface area contributed by atoms with Gasteiger partial charge >= 0.3 is 17.9 Å². The van der Waals surface area contributed by atoms with Crippen LogP contribution in [0.4, 0.5) is 0 Å². The molecule has 5 atom stereocenters. The average Bonchev–Trinajstić information content (AvgIpc) is 3.07. The van der Waals surface area contributed by atoms with Gasteiger partial charge < -0.3 is 14.2 Å². The van der Waals surface area contributed by atoms with Crippen LogP contribution in [0.5, 0.6) is 0 Å². The molecule has 168 valence electrons. The van der Waals surface area contributed by atoms with Gasteiger partial charge in [0, 0.05) is 23.5 Å². The van der Waals surface area contributed by atoms with Crippen LogP contribution in [0.25, 0.3) is 0 Å². The van der Waals surface area contributed by atoms with Gasteiger partial charge in [-0.15, -0.1) is 0 Å². The summed E-state index contributed by atoms with van der Waals surface area (Å²) in [7, 11) is 0. The van der Waals surface area contributed by atoms with Gasteiger partial charge in [-0.05, 0) is 40.7 Å². The normalized spacial score (nSPS) is 32.9. The molecule has 2 aliphatic carbocycles. The van der Waals surface area contributed by atoms with Crippen LogP contribution >= 0.6 is 0 Å². The third-order valence-electron chi connectivity index (χ3n) is 6.56. The maximum absolute atomic E-state index is 13.1. The Morgan fingerprint density at radius 2 is 1.90 bits per heavy atom. The van der Waals surface area contributed by atoms with E-state index in [1.807, 2.05) is 13.8 Å². The average molecular weight is 430 g/mol. The summed E-state index contributed by atoms with van der Waals surface area (Å²) in [5.41, 5.74) is 0.828. The van der Waals surface area contributed by atoms with Gasteiger partial charge in [0.05, 0.1) is 11.8 Å². The summed E-state index contributed by atoms with van der Waals surface area (Å²) in [4.78, 5) is 50.9. The fourth-order valence-electron chi connectivity index (χ4n) is 4.70. The molecule has 31 heavy (non-hydrogen) atoms. The summed E-state index contributed by atoms with van der Waals surface area (Å²) in [6.45, 7) is 11.9. The first-order valence-corrected chi connectivity index (χ1v) is 10.6. The van der Waals surface area contributed by atoms with Crippen LogP contribution in [0, 0.1) is 17.8 Å². The Kier molecular flexibility index (Phi) is 6.00. The zero-order chi connectivity index (χ0) is 23.2. The molecule has 7 nitrogen and oxygen atoms in total. The molecule has 0 radical (unpaired) electrons. The van der Waals surface area contributed by atoms with Crippen molar-refractivity contribution in [3.8, 4) is 0 Å². The van der Waals surface area contributed by atoms with E-state index in [1.54, 1.807) is 39.8 Å². The number of carbonyl (C=O) groups is 4. The minimum absolute atomic E-state index is 0.124. The van der Waals surface area contributed by atoms with Gasteiger partial charge in [0.2, 0.25) is 5.60 Å². The minimum Gasteiger partial charge on any atom is -0.461 e. The number of allylic oxidation sites excluding steroid dienone is 2. The third kappa shape index (κ3) is 3.75. The fraction of sp³-hybridized carbons (Fsp3) is 0.583. The number of ether oxygens (including phenoxy) is 3. The smallest absolute Gasteiger partial charge is 0.351 e. The predicted molar refractivity (Wildman–Crippen MR) is 112 cm³/mol. The zero-order valence-corrected chi connectivity index (χ0v) is 19.1. The second kappa shape index (κ2) is 8.09. The quantitative estimate of drug-likeness (QED) is 0.384. The number of hydrogen-bond donors (Lipinski definition) is 0. The summed E-state index contributed by atoms with van der Waals surface area (Å²) in [6.07, 6.45) is 1.84. The first kappa shape index (κ1) is 23.0. The number of carbonyl (C=O) groups excluding carboxylic acids is 4. The maximum Gasteiger partial charge on any atom is 0.351 e. The Morgan fingerprint density at radius 3 is 2.48 bits per heavy atom. The summed E-state index contributed by atoms with van der Waals surface area (Å²) in [5.74, 6) is -3.48. The van der Waals surface area contributed by atoms with Crippen molar-refractivity contribution in [2.24, 2.45) is 17.8 Å². The van der Waals surface area contributed by atoms with E-state index in [-0.39, 0.29) is 18.1 Å². The van der Waals surface area contributed by atoms with Crippen molar-refractivity contribution in [3.63, 3.8) is 0 Å². The molecule has 0 N–H and O–H groups in total.